The van der Waals surface area contributed by atoms with E-state index in [0.717, 1.165) is 4.90 Å². The number of methoxy groups -OCH3 is 2. The second-order valence-corrected chi connectivity index (χ2v) is 7.95. The average Bonchev–Trinajstić information content (AvgIpc) is 2.84. The molecule has 9 heteroatoms. The Kier molecular flexibility index (Phi) is 8.11. The van der Waals surface area contributed by atoms with Gasteiger partial charge in [-0.2, -0.15) is 0 Å². The fourth-order valence-corrected chi connectivity index (χ4v) is 3.99. The number of hydrogen-bond acceptors (Lipinski definition) is 7. The molecule has 0 aliphatic carbocycles. The molecule has 0 radical (unpaired) electrons. The number of ether oxygens (including phenoxy) is 4. The molecule has 1 atom stereocenters. The fraction of sp³-hybridized carbons (Fsp3) is 0.333. The highest BCUT2D eigenvalue weighted by Gasteiger charge is 2.38. The van der Waals surface area contributed by atoms with Crippen molar-refractivity contribution in [3.63, 3.8) is 0 Å². The lowest BCUT2D eigenvalue weighted by Gasteiger charge is -2.35. The summed E-state index contributed by atoms with van der Waals surface area (Å²) in [4.78, 5) is 28.4. The van der Waals surface area contributed by atoms with Gasteiger partial charge in [-0.05, 0) is 43.5 Å². The number of nitrogens with zero attached hydrogens (tertiary/aromatic N) is 1. The predicted molar refractivity (Wildman–Crippen MR) is 126 cm³/mol. The molecule has 2 aromatic carbocycles. The van der Waals surface area contributed by atoms with Crippen molar-refractivity contribution < 1.29 is 28.5 Å². The van der Waals surface area contributed by atoms with E-state index in [0.29, 0.717) is 28.5 Å². The number of carbonyl (C=O) groups is 2. The highest BCUT2D eigenvalue weighted by Crippen LogP contribution is 2.40. The van der Waals surface area contributed by atoms with Crippen LogP contribution in [-0.2, 0) is 9.53 Å². The number of nitrogens with one attached hydrogen (secondary N) is 1. The monoisotopic (exact) mass is 472 g/mol. The van der Waals surface area contributed by atoms with Gasteiger partial charge in [0.15, 0.2) is 11.5 Å². The minimum Gasteiger partial charge on any atom is -0.493 e. The van der Waals surface area contributed by atoms with Gasteiger partial charge >= 0.3 is 12.0 Å². The van der Waals surface area contributed by atoms with Gasteiger partial charge in [0.25, 0.3) is 0 Å². The summed E-state index contributed by atoms with van der Waals surface area (Å²) in [5.41, 5.74) is 1.25. The van der Waals surface area contributed by atoms with Crippen LogP contribution in [0.5, 0.6) is 17.2 Å². The molecule has 0 aromatic heterocycles. The summed E-state index contributed by atoms with van der Waals surface area (Å²) in [5, 5.41) is 2.88. The maximum absolute atomic E-state index is 13.1. The Balaban J connectivity index is 2.08. The Morgan fingerprint density at radius 3 is 2.45 bits per heavy atom. The van der Waals surface area contributed by atoms with Gasteiger partial charge in [-0.15, -0.1) is 11.8 Å². The van der Waals surface area contributed by atoms with Crippen molar-refractivity contribution in [3.8, 4) is 17.2 Å². The molecule has 0 bridgehead atoms. The number of likely N-dealkylation sites (N-methyl/N-ethyl adjacent to an activating group) is 1. The molecule has 1 N–H and O–H groups in total. The summed E-state index contributed by atoms with van der Waals surface area (Å²) in [6.45, 7) is 1.92. The third-order valence-corrected chi connectivity index (χ3v) is 6.00. The Labute approximate surface area is 197 Å². The molecule has 0 unspecified atom stereocenters. The number of benzene rings is 2. The summed E-state index contributed by atoms with van der Waals surface area (Å²) < 4.78 is 22.3. The van der Waals surface area contributed by atoms with Crippen molar-refractivity contribution in [2.75, 3.05) is 40.7 Å². The summed E-state index contributed by atoms with van der Waals surface area (Å²) in [6.07, 6.45) is 1.99. The molecule has 2 amide bonds. The lowest BCUT2D eigenvalue weighted by atomic mass is 9.93. The summed E-state index contributed by atoms with van der Waals surface area (Å²) in [6, 6.07) is 11.7. The summed E-state index contributed by atoms with van der Waals surface area (Å²) in [7, 11) is 4.62. The van der Waals surface area contributed by atoms with Crippen LogP contribution in [0.25, 0.3) is 0 Å². The quantitative estimate of drug-likeness (QED) is 0.436. The number of hydrogen-bond donors (Lipinski definition) is 1. The van der Waals surface area contributed by atoms with Gasteiger partial charge in [0, 0.05) is 17.5 Å². The Morgan fingerprint density at radius 1 is 1.12 bits per heavy atom. The predicted octanol–water partition coefficient (Wildman–Crippen LogP) is 4.02. The Bertz CT molecular complexity index is 1040. The molecule has 1 aliphatic rings. The van der Waals surface area contributed by atoms with E-state index in [1.54, 1.807) is 43.9 Å². The number of amides is 2. The highest BCUT2D eigenvalue weighted by molar-refractivity contribution is 7.98. The van der Waals surface area contributed by atoms with Crippen LogP contribution < -0.4 is 19.5 Å². The van der Waals surface area contributed by atoms with Crippen molar-refractivity contribution in [2.45, 2.75) is 17.9 Å². The maximum atomic E-state index is 13.1. The van der Waals surface area contributed by atoms with Gasteiger partial charge in [-0.25, -0.2) is 9.59 Å². The van der Waals surface area contributed by atoms with E-state index in [4.69, 9.17) is 18.9 Å². The van der Waals surface area contributed by atoms with Gasteiger partial charge in [0.2, 0.25) is 0 Å². The molecular weight excluding hydrogens is 444 g/mol. The Morgan fingerprint density at radius 2 is 1.85 bits per heavy atom. The lowest BCUT2D eigenvalue weighted by molar-refractivity contribution is -0.139. The third kappa shape index (κ3) is 5.19. The number of rotatable bonds is 9. The van der Waals surface area contributed by atoms with Crippen LogP contribution in [0, 0.1) is 0 Å². The normalized spacial score (nSPS) is 15.7. The van der Waals surface area contributed by atoms with Crippen LogP contribution in [-0.4, -0.2) is 57.6 Å². The smallest absolute Gasteiger partial charge is 0.338 e. The van der Waals surface area contributed by atoms with Gasteiger partial charge < -0.3 is 24.3 Å². The largest absolute Gasteiger partial charge is 0.493 e. The van der Waals surface area contributed by atoms with E-state index in [-0.39, 0.29) is 24.8 Å². The van der Waals surface area contributed by atoms with Gasteiger partial charge in [-0.3, -0.25) is 4.90 Å². The number of esters is 1. The zero-order valence-corrected chi connectivity index (χ0v) is 20.2. The molecule has 0 fully saturated rings. The highest BCUT2D eigenvalue weighted by atomic mass is 32.2. The third-order valence-electron chi connectivity index (χ3n) is 5.25. The molecule has 0 saturated heterocycles. The zero-order valence-electron chi connectivity index (χ0n) is 19.3. The van der Waals surface area contributed by atoms with E-state index in [2.05, 4.69) is 5.32 Å². The van der Waals surface area contributed by atoms with Gasteiger partial charge in [-0.1, -0.05) is 12.1 Å². The second kappa shape index (κ2) is 11.0. The van der Waals surface area contributed by atoms with Crippen molar-refractivity contribution in [1.82, 2.24) is 10.2 Å². The summed E-state index contributed by atoms with van der Waals surface area (Å²) >= 11 is 1.63. The number of thioether (sulfide) groups is 1. The van der Waals surface area contributed by atoms with Crippen LogP contribution in [0.1, 0.15) is 18.5 Å². The minimum absolute atomic E-state index is 0.000530. The minimum atomic E-state index is -0.810. The van der Waals surface area contributed by atoms with Crippen LogP contribution in [0.2, 0.25) is 0 Å². The molecular formula is C24H28N2O6S. The van der Waals surface area contributed by atoms with Crippen LogP contribution in [0.4, 0.5) is 4.79 Å². The van der Waals surface area contributed by atoms with Crippen molar-refractivity contribution in [2.24, 2.45) is 0 Å². The molecule has 176 valence electrons. The van der Waals surface area contributed by atoms with Crippen LogP contribution in [0.3, 0.4) is 0 Å². The van der Waals surface area contributed by atoms with Crippen LogP contribution in [0.15, 0.2) is 58.6 Å². The molecule has 0 spiro atoms. The van der Waals surface area contributed by atoms with Crippen molar-refractivity contribution in [3.05, 3.63) is 59.3 Å². The van der Waals surface area contributed by atoms with E-state index >= 15 is 0 Å². The van der Waals surface area contributed by atoms with E-state index < -0.39 is 12.0 Å². The lowest BCUT2D eigenvalue weighted by Crippen LogP contribution is -2.48. The van der Waals surface area contributed by atoms with Crippen molar-refractivity contribution in [1.29, 1.82) is 0 Å². The fourth-order valence-electron chi connectivity index (χ4n) is 3.58. The first-order valence-electron chi connectivity index (χ1n) is 10.4. The maximum Gasteiger partial charge on any atom is 0.338 e. The molecule has 33 heavy (non-hydrogen) atoms. The zero-order chi connectivity index (χ0) is 24.0. The van der Waals surface area contributed by atoms with Crippen molar-refractivity contribution >= 4 is 23.8 Å². The molecule has 3 rings (SSSR count). The Hall–Kier alpha value is -3.33. The number of urea groups is 1. The second-order valence-electron chi connectivity index (χ2n) is 7.07. The summed E-state index contributed by atoms with van der Waals surface area (Å²) in [5.74, 6) is 0.983. The van der Waals surface area contributed by atoms with E-state index in [1.807, 2.05) is 30.5 Å². The SMILES string of the molecule is CCOC(=O)C1=C(COc2ccc(SC)cc2)N(C)C(=O)N[C@H]1c1cccc(OC)c1OC. The number of carbonyl (C=O) groups excluding carboxylic acids is 2. The molecule has 1 heterocycles. The van der Waals surface area contributed by atoms with Crippen LogP contribution >= 0.6 is 11.8 Å². The molecule has 1 aliphatic heterocycles. The molecule has 8 nitrogen and oxygen atoms in total. The topological polar surface area (TPSA) is 86.3 Å². The van der Waals surface area contributed by atoms with E-state index in [1.165, 1.54) is 19.1 Å². The molecule has 2 aromatic rings. The standard InChI is InChI=1S/C24H28N2O6S/c1-6-31-23(27)20-18(14-32-15-10-12-16(33-5)13-11-15)26(2)24(28)25-21(20)17-8-7-9-19(29-3)22(17)30-4/h7-13,21H,6,14H2,1-5H3,(H,25,28)/t21-/m0/s1. The first-order valence-corrected chi connectivity index (χ1v) is 11.6. The van der Waals surface area contributed by atoms with Gasteiger partial charge in [0.1, 0.15) is 12.4 Å². The average molecular weight is 473 g/mol. The van der Waals surface area contributed by atoms with E-state index in [9.17, 15) is 9.59 Å². The number of para-hydroxylation sites is 1. The van der Waals surface area contributed by atoms with Gasteiger partial charge in [0.05, 0.1) is 38.1 Å². The first kappa shape index (κ1) is 24.3. The molecule has 0 saturated carbocycles. The first-order chi connectivity index (χ1) is 15.9.